The molecular formula is C16H18BrN3O. The van der Waals surface area contributed by atoms with Crippen molar-refractivity contribution >= 4 is 33.2 Å². The van der Waals surface area contributed by atoms with Crippen molar-refractivity contribution in [3.05, 3.63) is 58.1 Å². The van der Waals surface area contributed by atoms with Crippen LogP contribution in [0.25, 0.3) is 0 Å². The maximum Gasteiger partial charge on any atom is 0.251 e. The predicted octanol–water partition coefficient (Wildman–Crippen LogP) is 3.03. The van der Waals surface area contributed by atoms with Gasteiger partial charge in [0.25, 0.3) is 5.91 Å². The molecule has 3 N–H and O–H groups in total. The molecule has 0 heterocycles. The van der Waals surface area contributed by atoms with E-state index in [9.17, 15) is 4.79 Å². The Morgan fingerprint density at radius 3 is 2.67 bits per heavy atom. The van der Waals surface area contributed by atoms with Gasteiger partial charge in [-0.25, -0.2) is 0 Å². The number of hydrogen-bond acceptors (Lipinski definition) is 3. The first-order chi connectivity index (χ1) is 10.0. The van der Waals surface area contributed by atoms with Crippen LogP contribution in [-0.2, 0) is 6.54 Å². The molecule has 0 bridgehead atoms. The lowest BCUT2D eigenvalue weighted by Gasteiger charge is -2.21. The maximum atomic E-state index is 11.6. The minimum atomic E-state index is -0.136. The molecule has 1 amide bonds. The number of anilines is 2. The van der Waals surface area contributed by atoms with E-state index in [2.05, 4.69) is 38.3 Å². The van der Waals surface area contributed by atoms with Gasteiger partial charge in [-0.05, 0) is 35.9 Å². The van der Waals surface area contributed by atoms with Crippen molar-refractivity contribution < 1.29 is 4.79 Å². The summed E-state index contributed by atoms with van der Waals surface area (Å²) in [4.78, 5) is 13.7. The molecule has 2 aromatic rings. The van der Waals surface area contributed by atoms with E-state index in [1.54, 1.807) is 19.2 Å². The van der Waals surface area contributed by atoms with Crippen LogP contribution in [0.15, 0.2) is 46.9 Å². The van der Waals surface area contributed by atoms with Gasteiger partial charge in [-0.3, -0.25) is 4.79 Å². The van der Waals surface area contributed by atoms with Gasteiger partial charge in [0.1, 0.15) is 0 Å². The monoisotopic (exact) mass is 347 g/mol. The summed E-state index contributed by atoms with van der Waals surface area (Å²) in [5, 5.41) is 2.59. The van der Waals surface area contributed by atoms with E-state index in [1.165, 1.54) is 5.56 Å². The van der Waals surface area contributed by atoms with Crippen LogP contribution in [0.3, 0.4) is 0 Å². The molecule has 110 valence electrons. The van der Waals surface area contributed by atoms with Crippen LogP contribution in [0.4, 0.5) is 11.4 Å². The summed E-state index contributed by atoms with van der Waals surface area (Å²) in [5.74, 6) is -0.136. The molecule has 0 unspecified atom stereocenters. The summed E-state index contributed by atoms with van der Waals surface area (Å²) in [5.41, 5.74) is 9.31. The van der Waals surface area contributed by atoms with Crippen molar-refractivity contribution in [1.82, 2.24) is 5.32 Å². The number of amides is 1. The number of carbonyl (C=O) groups is 1. The normalized spacial score (nSPS) is 10.2. The molecular weight excluding hydrogens is 330 g/mol. The molecule has 0 atom stereocenters. The number of carbonyl (C=O) groups excluding carboxylic acids is 1. The minimum Gasteiger partial charge on any atom is -0.397 e. The van der Waals surface area contributed by atoms with E-state index in [4.69, 9.17) is 5.73 Å². The Bertz CT molecular complexity index is 658. The molecule has 21 heavy (non-hydrogen) atoms. The van der Waals surface area contributed by atoms with E-state index < -0.39 is 0 Å². The van der Waals surface area contributed by atoms with Crippen molar-refractivity contribution in [2.75, 3.05) is 24.7 Å². The van der Waals surface area contributed by atoms with Crippen molar-refractivity contribution in [3.63, 3.8) is 0 Å². The van der Waals surface area contributed by atoms with Crippen molar-refractivity contribution in [2.24, 2.45) is 0 Å². The van der Waals surface area contributed by atoms with Gasteiger partial charge in [0, 0.05) is 30.7 Å². The smallest absolute Gasteiger partial charge is 0.251 e. The van der Waals surface area contributed by atoms with Crippen LogP contribution in [0, 0.1) is 0 Å². The van der Waals surface area contributed by atoms with Crippen molar-refractivity contribution in [1.29, 1.82) is 0 Å². The lowest BCUT2D eigenvalue weighted by Crippen LogP contribution is -2.20. The first kappa shape index (κ1) is 15.4. The first-order valence-electron chi connectivity index (χ1n) is 6.58. The zero-order valence-electron chi connectivity index (χ0n) is 12.1. The molecule has 2 aromatic carbocycles. The summed E-state index contributed by atoms with van der Waals surface area (Å²) in [6.45, 7) is 0.739. The Kier molecular flexibility index (Phi) is 4.85. The van der Waals surface area contributed by atoms with E-state index in [0.29, 0.717) is 11.3 Å². The number of nitrogen functional groups attached to an aromatic ring is 1. The molecule has 2 rings (SSSR count). The van der Waals surface area contributed by atoms with Crippen LogP contribution >= 0.6 is 15.9 Å². The number of benzene rings is 2. The summed E-state index contributed by atoms with van der Waals surface area (Å²) in [6.07, 6.45) is 0. The number of hydrogen-bond donors (Lipinski definition) is 2. The Labute approximate surface area is 133 Å². The van der Waals surface area contributed by atoms with Crippen LogP contribution in [0.1, 0.15) is 15.9 Å². The highest BCUT2D eigenvalue weighted by atomic mass is 79.9. The fourth-order valence-corrected chi connectivity index (χ4v) is 2.63. The quantitative estimate of drug-likeness (QED) is 0.835. The molecule has 0 aromatic heterocycles. The molecule has 0 saturated carbocycles. The zero-order chi connectivity index (χ0) is 15.4. The fourth-order valence-electron chi connectivity index (χ4n) is 2.18. The summed E-state index contributed by atoms with van der Waals surface area (Å²) >= 11 is 3.47. The Morgan fingerprint density at radius 1 is 1.29 bits per heavy atom. The van der Waals surface area contributed by atoms with E-state index >= 15 is 0 Å². The van der Waals surface area contributed by atoms with Crippen LogP contribution < -0.4 is 16.0 Å². The van der Waals surface area contributed by atoms with Gasteiger partial charge >= 0.3 is 0 Å². The molecule has 5 heteroatoms. The van der Waals surface area contributed by atoms with Crippen LogP contribution in [-0.4, -0.2) is 20.0 Å². The topological polar surface area (TPSA) is 58.4 Å². The number of nitrogens with one attached hydrogen (secondary N) is 1. The molecule has 0 saturated heterocycles. The second kappa shape index (κ2) is 6.63. The van der Waals surface area contributed by atoms with Gasteiger partial charge in [-0.2, -0.15) is 0 Å². The van der Waals surface area contributed by atoms with Gasteiger partial charge in [-0.1, -0.05) is 28.1 Å². The highest BCUT2D eigenvalue weighted by Gasteiger charge is 2.10. The largest absolute Gasteiger partial charge is 0.397 e. The fraction of sp³-hybridized carbons (Fsp3) is 0.188. The average molecular weight is 348 g/mol. The summed E-state index contributed by atoms with van der Waals surface area (Å²) < 4.78 is 1.05. The number of nitrogens with zero attached hydrogens (tertiary/aromatic N) is 1. The van der Waals surface area contributed by atoms with Crippen LogP contribution in [0.5, 0.6) is 0 Å². The lowest BCUT2D eigenvalue weighted by molar-refractivity contribution is 0.0963. The molecule has 0 aliphatic carbocycles. The highest BCUT2D eigenvalue weighted by Crippen LogP contribution is 2.25. The maximum absolute atomic E-state index is 11.6. The molecule has 0 radical (unpaired) electrons. The van der Waals surface area contributed by atoms with Gasteiger partial charge in [0.2, 0.25) is 0 Å². The first-order valence-corrected chi connectivity index (χ1v) is 7.37. The minimum absolute atomic E-state index is 0.136. The molecule has 0 aliphatic heterocycles. The van der Waals surface area contributed by atoms with E-state index in [1.807, 2.05) is 25.2 Å². The van der Waals surface area contributed by atoms with Crippen molar-refractivity contribution in [2.45, 2.75) is 6.54 Å². The Morgan fingerprint density at radius 2 is 2.05 bits per heavy atom. The van der Waals surface area contributed by atoms with Gasteiger partial charge in [-0.15, -0.1) is 0 Å². The number of halogens is 1. The average Bonchev–Trinajstić information content (AvgIpc) is 2.46. The standard InChI is InChI=1S/C16H18BrN3O/c1-19-16(21)12-6-7-15(14(18)9-12)20(2)10-11-4-3-5-13(17)8-11/h3-9H,10,18H2,1-2H3,(H,19,21). The van der Waals surface area contributed by atoms with Gasteiger partial charge in [0.15, 0.2) is 0 Å². The zero-order valence-corrected chi connectivity index (χ0v) is 13.6. The SMILES string of the molecule is CNC(=O)c1ccc(N(C)Cc2cccc(Br)c2)c(N)c1. The second-order valence-electron chi connectivity index (χ2n) is 4.84. The molecule has 4 nitrogen and oxygen atoms in total. The Hall–Kier alpha value is -2.01. The summed E-state index contributed by atoms with van der Waals surface area (Å²) in [6, 6.07) is 13.5. The van der Waals surface area contributed by atoms with Gasteiger partial charge < -0.3 is 16.0 Å². The van der Waals surface area contributed by atoms with Crippen molar-refractivity contribution in [3.8, 4) is 0 Å². The summed E-state index contributed by atoms with van der Waals surface area (Å²) in [7, 11) is 3.58. The third kappa shape index (κ3) is 3.76. The second-order valence-corrected chi connectivity index (χ2v) is 5.75. The third-order valence-corrected chi connectivity index (χ3v) is 3.73. The molecule has 0 spiro atoms. The Balaban J connectivity index is 2.19. The predicted molar refractivity (Wildman–Crippen MR) is 90.5 cm³/mol. The van der Waals surface area contributed by atoms with Gasteiger partial charge in [0.05, 0.1) is 11.4 Å². The number of nitrogens with two attached hydrogens (primary N) is 1. The molecule has 0 fully saturated rings. The van der Waals surface area contributed by atoms with E-state index in [0.717, 1.165) is 16.7 Å². The van der Waals surface area contributed by atoms with Crippen LogP contribution in [0.2, 0.25) is 0 Å². The van der Waals surface area contributed by atoms with E-state index in [-0.39, 0.29) is 5.91 Å². The lowest BCUT2D eigenvalue weighted by atomic mass is 10.1. The molecule has 0 aliphatic rings. The number of rotatable bonds is 4. The third-order valence-electron chi connectivity index (χ3n) is 3.24. The highest BCUT2D eigenvalue weighted by molar-refractivity contribution is 9.10.